The Balaban J connectivity index is 1.90. The number of benzene rings is 4. The van der Waals surface area contributed by atoms with Crippen molar-refractivity contribution in [1.82, 2.24) is 14.9 Å². The van der Waals surface area contributed by atoms with Gasteiger partial charge in [-0.1, -0.05) is 79.2 Å². The Kier molecular flexibility index (Phi) is 21.2. The minimum absolute atomic E-state index is 0.0257. The molecule has 1 N–H and O–H groups in total. The molecule has 15 heteroatoms. The van der Waals surface area contributed by atoms with Gasteiger partial charge >= 0.3 is 12.1 Å². The zero-order valence-corrected chi connectivity index (χ0v) is 40.1. The first-order valence-corrected chi connectivity index (χ1v) is 22.9. The van der Waals surface area contributed by atoms with Gasteiger partial charge in [0.1, 0.15) is 23.6 Å². The molecule has 14 nitrogen and oxygen atoms in total. The molecule has 0 aliphatic heterocycles. The van der Waals surface area contributed by atoms with Crippen LogP contribution in [0.2, 0.25) is 0 Å². The molecule has 0 saturated heterocycles. The number of unbranched alkanes of at least 4 members (excludes halogenated alkanes) is 2. The normalized spacial score (nSPS) is 12.4. The molecule has 0 aliphatic carbocycles. The Morgan fingerprint density at radius 1 is 0.708 bits per heavy atom. The molecule has 0 spiro atoms. The van der Waals surface area contributed by atoms with E-state index in [9.17, 15) is 19.6 Å². The number of nitrogens with zero attached hydrogens (tertiary/aromatic N) is 3. The van der Waals surface area contributed by atoms with Crippen LogP contribution in [0.1, 0.15) is 70.9 Å². The summed E-state index contributed by atoms with van der Waals surface area (Å²) in [5.74, 6) is 0.607. The topological polar surface area (TPSA) is 158 Å². The van der Waals surface area contributed by atoms with Gasteiger partial charge in [-0.25, -0.2) is 9.46 Å². The van der Waals surface area contributed by atoms with Crippen molar-refractivity contribution in [3.63, 3.8) is 0 Å². The Hall–Kier alpha value is -5.55. The Bertz CT molecular complexity index is 2050. The third-order valence-electron chi connectivity index (χ3n) is 10.9. The number of carbonyl (C=O) groups excluding carboxylic acids is 3. The van der Waals surface area contributed by atoms with E-state index in [1.807, 2.05) is 97.1 Å². The van der Waals surface area contributed by atoms with Crippen LogP contribution in [0.4, 0.5) is 4.79 Å². The molecule has 0 aromatic heterocycles. The van der Waals surface area contributed by atoms with Crippen molar-refractivity contribution in [3.8, 4) is 39.8 Å². The van der Waals surface area contributed by atoms with Crippen molar-refractivity contribution in [1.29, 1.82) is 5.26 Å². The molecular formula is C50H65N4O10P. The van der Waals surface area contributed by atoms with Gasteiger partial charge < -0.3 is 38.0 Å². The second-order valence-corrected chi connectivity index (χ2v) is 17.2. The molecular weight excluding hydrogens is 848 g/mol. The summed E-state index contributed by atoms with van der Waals surface area (Å²) in [6.07, 6.45) is 1.26. The highest BCUT2D eigenvalue weighted by Gasteiger charge is 2.47. The van der Waals surface area contributed by atoms with Crippen molar-refractivity contribution in [2.45, 2.75) is 83.5 Å². The number of methoxy groups -OCH3 is 5. The zero-order chi connectivity index (χ0) is 47.4. The quantitative estimate of drug-likeness (QED) is 0.0362. The fourth-order valence-corrected chi connectivity index (χ4v) is 9.49. The number of nitriles is 1. The Morgan fingerprint density at radius 2 is 1.25 bits per heavy atom. The second kappa shape index (κ2) is 26.4. The van der Waals surface area contributed by atoms with E-state index in [4.69, 9.17) is 32.7 Å². The molecule has 4 aromatic rings. The lowest BCUT2D eigenvalue weighted by Crippen LogP contribution is -2.55. The van der Waals surface area contributed by atoms with E-state index < -0.39 is 32.2 Å². The lowest BCUT2D eigenvalue weighted by molar-refractivity contribution is -0.141. The average molecular weight is 913 g/mol. The predicted octanol–water partition coefficient (Wildman–Crippen LogP) is 9.51. The molecule has 2 atom stereocenters. The molecule has 2 amide bonds. The first-order chi connectivity index (χ1) is 31.4. The van der Waals surface area contributed by atoms with E-state index in [2.05, 4.69) is 43.8 Å². The summed E-state index contributed by atoms with van der Waals surface area (Å²) in [5, 5.41) is 12.8. The van der Waals surface area contributed by atoms with Crippen molar-refractivity contribution in [3.05, 3.63) is 108 Å². The standard InChI is InChI=1S/C50H65N4O10P/c1-36(2)54(37(3)4)65(63-33-17-31-51)64-35-46(52-47(55)22-11-10-16-32-53(49(57)61-8)34-48(56)60-7)50(62-9,44-20-14-12-18-42(44)38-23-27-40(58-5)28-24-38)45-21-15-13-19-43(45)39-25-29-41(59-6)30-26-39/h12-15,18-21,23-30,36-37,46H,10-11,16-17,22,32-35H2,1-9H3,(H,52,55). The van der Waals surface area contributed by atoms with Gasteiger partial charge in [0.2, 0.25) is 5.91 Å². The van der Waals surface area contributed by atoms with Gasteiger partial charge in [0.25, 0.3) is 8.53 Å². The van der Waals surface area contributed by atoms with Crippen LogP contribution in [0, 0.1) is 11.3 Å². The highest BCUT2D eigenvalue weighted by molar-refractivity contribution is 7.44. The van der Waals surface area contributed by atoms with Crippen molar-refractivity contribution in [2.75, 3.05) is 61.9 Å². The number of rotatable bonds is 26. The zero-order valence-electron chi connectivity index (χ0n) is 39.2. The predicted molar refractivity (Wildman–Crippen MR) is 252 cm³/mol. The molecule has 4 aromatic carbocycles. The van der Waals surface area contributed by atoms with E-state index in [-0.39, 0.29) is 57.1 Å². The number of carbonyl (C=O) groups is 3. The maximum Gasteiger partial charge on any atom is 0.410 e. The van der Waals surface area contributed by atoms with E-state index in [0.29, 0.717) is 30.8 Å². The van der Waals surface area contributed by atoms with Crippen LogP contribution in [0.3, 0.4) is 0 Å². The lowest BCUT2D eigenvalue weighted by atomic mass is 9.74. The minimum Gasteiger partial charge on any atom is -0.497 e. The summed E-state index contributed by atoms with van der Waals surface area (Å²) in [7, 11) is 5.68. The van der Waals surface area contributed by atoms with E-state index in [1.54, 1.807) is 21.3 Å². The SMILES string of the molecule is COC(=O)CN(CCCCCC(=O)NC(COP(OCCC#N)N(C(C)C)C(C)C)C(OC)(c1ccccc1-c1ccc(OC)cc1)c1ccccc1-c1ccc(OC)cc1)C(=O)OC. The molecule has 0 aliphatic rings. The number of hydrogen-bond acceptors (Lipinski definition) is 12. The van der Waals surface area contributed by atoms with Gasteiger partial charge in [-0.15, -0.1) is 0 Å². The van der Waals surface area contributed by atoms with Crippen LogP contribution < -0.4 is 14.8 Å². The fourth-order valence-electron chi connectivity index (χ4n) is 7.87. The van der Waals surface area contributed by atoms with Crippen molar-refractivity contribution < 1.29 is 47.1 Å². The summed E-state index contributed by atoms with van der Waals surface area (Å²) < 4.78 is 43.1. The van der Waals surface area contributed by atoms with E-state index >= 15 is 0 Å². The number of esters is 1. The van der Waals surface area contributed by atoms with Crippen LogP contribution in [-0.4, -0.2) is 108 Å². The Labute approximate surface area is 386 Å². The molecule has 0 radical (unpaired) electrons. The summed E-state index contributed by atoms with van der Waals surface area (Å²) in [6.45, 7) is 8.40. The van der Waals surface area contributed by atoms with Gasteiger partial charge in [-0.2, -0.15) is 5.26 Å². The smallest absolute Gasteiger partial charge is 0.410 e. The summed E-state index contributed by atoms with van der Waals surface area (Å²) in [4.78, 5) is 40.1. The maximum atomic E-state index is 14.5. The number of ether oxygens (including phenoxy) is 5. The van der Waals surface area contributed by atoms with E-state index in [0.717, 1.165) is 33.4 Å². The maximum absolute atomic E-state index is 14.5. The third kappa shape index (κ3) is 14.0. The summed E-state index contributed by atoms with van der Waals surface area (Å²) in [6, 6.07) is 33.0. The molecule has 350 valence electrons. The minimum atomic E-state index is -1.74. The highest BCUT2D eigenvalue weighted by atomic mass is 31.2. The van der Waals surface area contributed by atoms with E-state index in [1.165, 1.54) is 19.1 Å². The average Bonchev–Trinajstić information content (AvgIpc) is 3.32. The van der Waals surface area contributed by atoms with Gasteiger partial charge in [-0.3, -0.25) is 14.5 Å². The monoisotopic (exact) mass is 912 g/mol. The number of amides is 2. The van der Waals surface area contributed by atoms with Crippen LogP contribution in [0.15, 0.2) is 97.1 Å². The molecule has 0 fully saturated rings. The number of hydrogen-bond donors (Lipinski definition) is 1. The van der Waals surface area contributed by atoms with Gasteiger partial charge in [0.05, 0.1) is 60.2 Å². The molecule has 0 bridgehead atoms. The van der Waals surface area contributed by atoms with Crippen LogP contribution in [-0.2, 0) is 38.4 Å². The van der Waals surface area contributed by atoms with Crippen LogP contribution in [0.25, 0.3) is 22.3 Å². The second-order valence-electron chi connectivity index (χ2n) is 15.7. The lowest BCUT2D eigenvalue weighted by Gasteiger charge is -2.44. The fraction of sp³-hybridized carbons (Fsp3) is 0.440. The van der Waals surface area contributed by atoms with Crippen LogP contribution >= 0.6 is 8.53 Å². The first kappa shape index (κ1) is 52.1. The molecule has 0 saturated carbocycles. The van der Waals surface area contributed by atoms with Gasteiger partial charge in [0, 0.05) is 32.2 Å². The molecule has 2 unspecified atom stereocenters. The molecule has 4 rings (SSSR count). The summed E-state index contributed by atoms with van der Waals surface area (Å²) >= 11 is 0. The van der Waals surface area contributed by atoms with Gasteiger partial charge in [-0.05, 0) is 98.2 Å². The number of nitrogens with one attached hydrogen (secondary N) is 1. The Morgan fingerprint density at radius 3 is 1.71 bits per heavy atom. The molecule has 0 heterocycles. The highest BCUT2D eigenvalue weighted by Crippen LogP contribution is 2.50. The van der Waals surface area contributed by atoms with Crippen molar-refractivity contribution >= 4 is 26.5 Å². The first-order valence-electron chi connectivity index (χ1n) is 21.8. The van der Waals surface area contributed by atoms with Crippen LogP contribution in [0.5, 0.6) is 11.5 Å². The largest absolute Gasteiger partial charge is 0.497 e. The van der Waals surface area contributed by atoms with Gasteiger partial charge in [0.15, 0.2) is 0 Å². The third-order valence-corrected chi connectivity index (χ3v) is 13.0. The van der Waals surface area contributed by atoms with Crippen molar-refractivity contribution in [2.24, 2.45) is 0 Å². The summed E-state index contributed by atoms with van der Waals surface area (Å²) in [5.41, 5.74) is 3.66. The molecule has 65 heavy (non-hydrogen) atoms.